The van der Waals surface area contributed by atoms with E-state index in [2.05, 4.69) is 37.9 Å². The van der Waals surface area contributed by atoms with Gasteiger partial charge in [0.2, 0.25) is 5.95 Å². The molecule has 0 spiro atoms. The van der Waals surface area contributed by atoms with Gasteiger partial charge in [0, 0.05) is 22.5 Å². The Balaban J connectivity index is 2.42. The topological polar surface area (TPSA) is 58.0 Å². The van der Waals surface area contributed by atoms with Crippen LogP contribution in [0.2, 0.25) is 0 Å². The van der Waals surface area contributed by atoms with Crippen molar-refractivity contribution in [3.8, 4) is 0 Å². The smallest absolute Gasteiger partial charge is 0.222 e. The maximum absolute atomic E-state index is 9.52. The molecule has 4 nitrogen and oxygen atoms in total. The highest BCUT2D eigenvalue weighted by molar-refractivity contribution is 14.1. The van der Waals surface area contributed by atoms with Gasteiger partial charge >= 0.3 is 0 Å². The highest BCUT2D eigenvalue weighted by atomic mass is 127. The molecule has 78 valence electrons. The molecule has 0 aromatic carbocycles. The van der Waals surface area contributed by atoms with Crippen molar-refractivity contribution in [1.82, 2.24) is 9.97 Å². The van der Waals surface area contributed by atoms with Crippen LogP contribution in [0.25, 0.3) is 0 Å². The number of nitrogens with one attached hydrogen (secondary N) is 1. The maximum Gasteiger partial charge on any atom is 0.222 e. The molecule has 0 saturated carbocycles. The number of aliphatic hydroxyl groups excluding tert-OH is 1. The molecule has 1 atom stereocenters. The SMILES string of the molecule is CC(C)C(O)CNc1ncc(I)cn1. The first kappa shape index (κ1) is 11.6. The van der Waals surface area contributed by atoms with Crippen LogP contribution in [-0.4, -0.2) is 27.7 Å². The Bertz CT molecular complexity index is 276. The summed E-state index contributed by atoms with van der Waals surface area (Å²) < 4.78 is 0.998. The number of hydrogen-bond acceptors (Lipinski definition) is 4. The molecule has 2 N–H and O–H groups in total. The Morgan fingerprint density at radius 3 is 2.50 bits per heavy atom. The van der Waals surface area contributed by atoms with Crippen molar-refractivity contribution in [1.29, 1.82) is 0 Å². The van der Waals surface area contributed by atoms with Crippen molar-refractivity contribution in [3.05, 3.63) is 16.0 Å². The van der Waals surface area contributed by atoms with Crippen LogP contribution in [0.5, 0.6) is 0 Å². The van der Waals surface area contributed by atoms with E-state index in [1.165, 1.54) is 0 Å². The summed E-state index contributed by atoms with van der Waals surface area (Å²) in [6.45, 7) is 4.43. The Morgan fingerprint density at radius 2 is 2.00 bits per heavy atom. The van der Waals surface area contributed by atoms with Gasteiger partial charge in [-0.1, -0.05) is 13.8 Å². The van der Waals surface area contributed by atoms with Gasteiger partial charge in [0.15, 0.2) is 0 Å². The van der Waals surface area contributed by atoms with Crippen molar-refractivity contribution < 1.29 is 5.11 Å². The second-order valence-electron chi connectivity index (χ2n) is 3.42. The average molecular weight is 307 g/mol. The van der Waals surface area contributed by atoms with Crippen molar-refractivity contribution in [2.24, 2.45) is 5.92 Å². The number of anilines is 1. The number of hydrogen-bond donors (Lipinski definition) is 2. The monoisotopic (exact) mass is 307 g/mol. The van der Waals surface area contributed by atoms with Crippen LogP contribution in [-0.2, 0) is 0 Å². The number of aliphatic hydroxyl groups is 1. The summed E-state index contributed by atoms with van der Waals surface area (Å²) in [6, 6.07) is 0. The van der Waals surface area contributed by atoms with E-state index in [1.54, 1.807) is 12.4 Å². The molecule has 14 heavy (non-hydrogen) atoms. The highest BCUT2D eigenvalue weighted by Crippen LogP contribution is 2.05. The zero-order valence-corrected chi connectivity index (χ0v) is 10.4. The predicted molar refractivity (Wildman–Crippen MR) is 64.1 cm³/mol. The van der Waals surface area contributed by atoms with Crippen LogP contribution < -0.4 is 5.32 Å². The first-order valence-corrected chi connectivity index (χ1v) is 5.57. The fourth-order valence-electron chi connectivity index (χ4n) is 0.835. The van der Waals surface area contributed by atoms with E-state index in [0.717, 1.165) is 3.57 Å². The van der Waals surface area contributed by atoms with E-state index in [9.17, 15) is 5.11 Å². The minimum atomic E-state index is -0.363. The molecule has 0 aliphatic carbocycles. The first-order valence-electron chi connectivity index (χ1n) is 4.49. The molecule has 1 aromatic rings. The molecule has 1 unspecified atom stereocenters. The molecule has 0 radical (unpaired) electrons. The summed E-state index contributed by atoms with van der Waals surface area (Å²) in [5.41, 5.74) is 0. The second kappa shape index (κ2) is 5.45. The molecule has 0 fully saturated rings. The lowest BCUT2D eigenvalue weighted by atomic mass is 10.1. The minimum absolute atomic E-state index is 0.242. The zero-order valence-electron chi connectivity index (χ0n) is 8.24. The van der Waals surface area contributed by atoms with Crippen LogP contribution in [0.1, 0.15) is 13.8 Å². The van der Waals surface area contributed by atoms with Gasteiger partial charge in [-0.3, -0.25) is 0 Å². The molecule has 1 heterocycles. The molecule has 1 aromatic heterocycles. The van der Waals surface area contributed by atoms with Crippen molar-refractivity contribution in [2.45, 2.75) is 20.0 Å². The average Bonchev–Trinajstić information content (AvgIpc) is 2.16. The van der Waals surface area contributed by atoms with Gasteiger partial charge in [0.25, 0.3) is 0 Å². The fourth-order valence-corrected chi connectivity index (χ4v) is 1.11. The Kier molecular flexibility index (Phi) is 4.53. The van der Waals surface area contributed by atoms with Crippen LogP contribution in [0.4, 0.5) is 5.95 Å². The summed E-state index contributed by atoms with van der Waals surface area (Å²) in [4.78, 5) is 8.14. The van der Waals surface area contributed by atoms with E-state index in [-0.39, 0.29) is 12.0 Å². The molecule has 0 bridgehead atoms. The Labute approximate surface area is 97.3 Å². The molecule has 0 amide bonds. The molecule has 0 aliphatic heterocycles. The lowest BCUT2D eigenvalue weighted by molar-refractivity contribution is 0.137. The van der Waals surface area contributed by atoms with Gasteiger partial charge in [-0.2, -0.15) is 0 Å². The van der Waals surface area contributed by atoms with Crippen molar-refractivity contribution in [2.75, 3.05) is 11.9 Å². The zero-order chi connectivity index (χ0) is 10.6. The predicted octanol–water partition coefficient (Wildman–Crippen LogP) is 1.51. The fraction of sp³-hybridized carbons (Fsp3) is 0.556. The summed E-state index contributed by atoms with van der Waals surface area (Å²) in [5, 5.41) is 12.5. The number of nitrogens with zero attached hydrogens (tertiary/aromatic N) is 2. The van der Waals surface area contributed by atoms with Gasteiger partial charge < -0.3 is 10.4 Å². The quantitative estimate of drug-likeness (QED) is 0.828. The molecule has 1 rings (SSSR count). The van der Waals surface area contributed by atoms with E-state index < -0.39 is 0 Å². The molecular weight excluding hydrogens is 293 g/mol. The van der Waals surface area contributed by atoms with Gasteiger partial charge in [-0.15, -0.1) is 0 Å². The third-order valence-corrected chi connectivity index (χ3v) is 2.42. The Morgan fingerprint density at radius 1 is 1.43 bits per heavy atom. The Hall–Kier alpha value is -0.430. The van der Waals surface area contributed by atoms with Crippen molar-refractivity contribution >= 4 is 28.5 Å². The van der Waals surface area contributed by atoms with Crippen LogP contribution in [0.15, 0.2) is 12.4 Å². The molecule has 0 saturated heterocycles. The summed E-state index contributed by atoms with van der Waals surface area (Å²) in [5.74, 6) is 0.802. The van der Waals surface area contributed by atoms with Crippen LogP contribution in [0, 0.1) is 9.49 Å². The van der Waals surface area contributed by atoms with Gasteiger partial charge in [0.05, 0.1) is 6.10 Å². The maximum atomic E-state index is 9.52. The normalized spacial score (nSPS) is 12.9. The van der Waals surface area contributed by atoms with Gasteiger partial charge in [0.1, 0.15) is 0 Å². The lowest BCUT2D eigenvalue weighted by Crippen LogP contribution is -2.25. The molecular formula is C9H14IN3O. The highest BCUT2D eigenvalue weighted by Gasteiger charge is 2.08. The largest absolute Gasteiger partial charge is 0.391 e. The van der Waals surface area contributed by atoms with E-state index in [4.69, 9.17) is 0 Å². The van der Waals surface area contributed by atoms with E-state index >= 15 is 0 Å². The van der Waals surface area contributed by atoms with Gasteiger partial charge in [-0.25, -0.2) is 9.97 Å². The number of rotatable bonds is 4. The molecule has 0 aliphatic rings. The van der Waals surface area contributed by atoms with E-state index in [1.807, 2.05) is 13.8 Å². The van der Waals surface area contributed by atoms with Crippen molar-refractivity contribution in [3.63, 3.8) is 0 Å². The minimum Gasteiger partial charge on any atom is -0.391 e. The van der Waals surface area contributed by atoms with Crippen LogP contribution >= 0.6 is 22.6 Å². The standard InChI is InChI=1S/C9H14IN3O/c1-6(2)8(14)5-13-9-11-3-7(10)4-12-9/h3-4,6,8,14H,5H2,1-2H3,(H,11,12,13). The first-order chi connectivity index (χ1) is 6.59. The summed E-state index contributed by atoms with van der Waals surface area (Å²) in [6.07, 6.45) is 3.10. The molecule has 5 heteroatoms. The summed E-state index contributed by atoms with van der Waals surface area (Å²) >= 11 is 2.15. The second-order valence-corrected chi connectivity index (χ2v) is 4.66. The van der Waals surface area contributed by atoms with Crippen LogP contribution in [0.3, 0.4) is 0 Å². The third-order valence-electron chi connectivity index (χ3n) is 1.86. The lowest BCUT2D eigenvalue weighted by Gasteiger charge is -2.14. The number of aromatic nitrogens is 2. The summed E-state index contributed by atoms with van der Waals surface area (Å²) in [7, 11) is 0. The number of halogens is 1. The van der Waals surface area contributed by atoms with E-state index in [0.29, 0.717) is 12.5 Å². The third kappa shape index (κ3) is 3.75. The van der Waals surface area contributed by atoms with Gasteiger partial charge in [-0.05, 0) is 28.5 Å².